The van der Waals surface area contributed by atoms with E-state index < -0.39 is 11.9 Å². The predicted molar refractivity (Wildman–Crippen MR) is 92.3 cm³/mol. The van der Waals surface area contributed by atoms with Gasteiger partial charge >= 0.3 is 0 Å². The number of anilines is 2. The summed E-state index contributed by atoms with van der Waals surface area (Å²) < 4.78 is 6.04. The molecule has 1 heterocycles. The number of nitrogens with zero attached hydrogens (tertiary/aromatic N) is 2. The van der Waals surface area contributed by atoms with Gasteiger partial charge in [0.2, 0.25) is 5.91 Å². The largest absolute Gasteiger partial charge is 0.494 e. The molecular formula is C17H15BrN2O4. The van der Waals surface area contributed by atoms with E-state index in [0.29, 0.717) is 17.1 Å². The van der Waals surface area contributed by atoms with Crippen LogP contribution in [0, 0.1) is 0 Å². The van der Waals surface area contributed by atoms with Crippen molar-refractivity contribution in [2.45, 2.75) is 12.5 Å². The quantitative estimate of drug-likeness (QED) is 0.641. The van der Waals surface area contributed by atoms with Crippen LogP contribution in [-0.2, 0) is 9.59 Å². The smallest absolute Gasteiger partial charge is 0.259 e. The van der Waals surface area contributed by atoms with Crippen molar-refractivity contribution in [2.24, 2.45) is 0 Å². The Morgan fingerprint density at radius 2 is 1.83 bits per heavy atom. The fraction of sp³-hybridized carbons (Fsp3) is 0.176. The predicted octanol–water partition coefficient (Wildman–Crippen LogP) is 2.99. The van der Waals surface area contributed by atoms with Crippen LogP contribution in [0.4, 0.5) is 11.4 Å². The highest BCUT2D eigenvalue weighted by Crippen LogP contribution is 2.32. The standard InChI is InChI=1S/C17H15BrN2O4/c1-24-15-5-3-2-4-13(15)20(23)14-10-16(21)19(17(14)22)12-8-6-11(18)7-9-12/h2-9,14,23H,10H2,1H3/t14-/m1/s1. The van der Waals surface area contributed by atoms with Crippen LogP contribution in [0.3, 0.4) is 0 Å². The monoisotopic (exact) mass is 390 g/mol. The van der Waals surface area contributed by atoms with Gasteiger partial charge in [-0.05, 0) is 36.4 Å². The Morgan fingerprint density at radius 1 is 1.17 bits per heavy atom. The minimum atomic E-state index is -0.988. The number of ether oxygens (including phenoxy) is 1. The Balaban J connectivity index is 1.89. The maximum absolute atomic E-state index is 12.7. The van der Waals surface area contributed by atoms with Crippen LogP contribution in [0.1, 0.15) is 6.42 Å². The number of carbonyl (C=O) groups is 2. The van der Waals surface area contributed by atoms with E-state index in [1.54, 1.807) is 48.5 Å². The van der Waals surface area contributed by atoms with Crippen LogP contribution in [-0.4, -0.2) is 30.2 Å². The van der Waals surface area contributed by atoms with E-state index in [0.717, 1.165) is 14.4 Å². The van der Waals surface area contributed by atoms with Gasteiger partial charge in [-0.2, -0.15) is 0 Å². The molecule has 0 radical (unpaired) electrons. The molecule has 0 aliphatic carbocycles. The van der Waals surface area contributed by atoms with Gasteiger partial charge < -0.3 is 4.74 Å². The summed E-state index contributed by atoms with van der Waals surface area (Å²) in [5.74, 6) is -0.417. The summed E-state index contributed by atoms with van der Waals surface area (Å²) in [6.07, 6.45) is -0.108. The molecule has 0 spiro atoms. The SMILES string of the molecule is COc1ccccc1N(O)[C@@H]1CC(=O)N(c2ccc(Br)cc2)C1=O. The second-order valence-corrected chi connectivity index (χ2v) is 6.20. The molecule has 7 heteroatoms. The van der Waals surface area contributed by atoms with Crippen molar-refractivity contribution >= 4 is 39.1 Å². The van der Waals surface area contributed by atoms with E-state index in [-0.39, 0.29) is 12.3 Å². The molecule has 1 aliphatic heterocycles. The summed E-state index contributed by atoms with van der Waals surface area (Å²) in [6.45, 7) is 0. The molecule has 1 N–H and O–H groups in total. The van der Waals surface area contributed by atoms with Gasteiger partial charge in [0.15, 0.2) is 0 Å². The van der Waals surface area contributed by atoms with Crippen LogP contribution in [0.5, 0.6) is 5.75 Å². The van der Waals surface area contributed by atoms with Crippen LogP contribution < -0.4 is 14.7 Å². The fourth-order valence-electron chi connectivity index (χ4n) is 2.66. The van der Waals surface area contributed by atoms with E-state index in [1.165, 1.54) is 7.11 Å². The summed E-state index contributed by atoms with van der Waals surface area (Å²) in [5, 5.41) is 11.3. The molecule has 0 aromatic heterocycles. The number of hydrogen-bond donors (Lipinski definition) is 1. The Bertz CT molecular complexity index is 778. The van der Waals surface area contributed by atoms with E-state index in [1.807, 2.05) is 0 Å². The van der Waals surface area contributed by atoms with Crippen LogP contribution in [0.25, 0.3) is 0 Å². The zero-order valence-electron chi connectivity index (χ0n) is 12.8. The number of rotatable bonds is 4. The maximum Gasteiger partial charge on any atom is 0.259 e. The highest BCUT2D eigenvalue weighted by atomic mass is 79.9. The molecule has 1 fully saturated rings. The van der Waals surface area contributed by atoms with E-state index in [2.05, 4.69) is 15.9 Å². The Kier molecular flexibility index (Phi) is 4.55. The molecule has 0 bridgehead atoms. The van der Waals surface area contributed by atoms with Gasteiger partial charge in [-0.1, -0.05) is 28.1 Å². The Labute approximate surface area is 147 Å². The van der Waals surface area contributed by atoms with Crippen LogP contribution in [0.2, 0.25) is 0 Å². The van der Waals surface area contributed by atoms with Crippen molar-refractivity contribution in [1.29, 1.82) is 0 Å². The number of halogens is 1. The molecular weight excluding hydrogens is 376 g/mol. The van der Waals surface area contributed by atoms with Crippen molar-refractivity contribution in [2.75, 3.05) is 17.1 Å². The summed E-state index contributed by atoms with van der Waals surface area (Å²) in [7, 11) is 1.47. The van der Waals surface area contributed by atoms with Crippen molar-refractivity contribution in [1.82, 2.24) is 0 Å². The van der Waals surface area contributed by atoms with Gasteiger partial charge in [-0.3, -0.25) is 14.8 Å². The zero-order chi connectivity index (χ0) is 17.3. The molecule has 24 heavy (non-hydrogen) atoms. The minimum Gasteiger partial charge on any atom is -0.494 e. The summed E-state index contributed by atoms with van der Waals surface area (Å²) in [5.41, 5.74) is 0.813. The number of hydroxylamine groups is 1. The first-order valence-corrected chi connectivity index (χ1v) is 8.05. The normalized spacial score (nSPS) is 17.3. The molecule has 6 nitrogen and oxygen atoms in total. The lowest BCUT2D eigenvalue weighted by Crippen LogP contribution is -2.40. The third-order valence-electron chi connectivity index (χ3n) is 3.83. The second kappa shape index (κ2) is 6.62. The van der Waals surface area contributed by atoms with Gasteiger partial charge in [-0.25, -0.2) is 9.96 Å². The molecule has 0 saturated carbocycles. The zero-order valence-corrected chi connectivity index (χ0v) is 14.4. The Morgan fingerprint density at radius 3 is 2.50 bits per heavy atom. The number of hydrogen-bond acceptors (Lipinski definition) is 5. The first-order valence-electron chi connectivity index (χ1n) is 7.26. The minimum absolute atomic E-state index is 0.108. The van der Waals surface area contributed by atoms with Gasteiger partial charge in [0.25, 0.3) is 5.91 Å². The van der Waals surface area contributed by atoms with E-state index in [9.17, 15) is 14.8 Å². The highest BCUT2D eigenvalue weighted by Gasteiger charge is 2.43. The van der Waals surface area contributed by atoms with Crippen LogP contribution >= 0.6 is 15.9 Å². The number of carbonyl (C=O) groups excluding carboxylic acids is 2. The van der Waals surface area contributed by atoms with Crippen molar-refractivity contribution in [3.05, 3.63) is 53.0 Å². The first-order chi connectivity index (χ1) is 11.5. The van der Waals surface area contributed by atoms with Crippen molar-refractivity contribution in [3.8, 4) is 5.75 Å². The van der Waals surface area contributed by atoms with Gasteiger partial charge in [0.1, 0.15) is 17.5 Å². The highest BCUT2D eigenvalue weighted by molar-refractivity contribution is 9.10. The van der Waals surface area contributed by atoms with Gasteiger partial charge in [0.05, 0.1) is 19.2 Å². The van der Waals surface area contributed by atoms with Crippen molar-refractivity contribution < 1.29 is 19.5 Å². The van der Waals surface area contributed by atoms with Gasteiger partial charge in [-0.15, -0.1) is 0 Å². The molecule has 2 amide bonds. The average Bonchev–Trinajstić information content (AvgIpc) is 2.89. The molecule has 0 unspecified atom stereocenters. The maximum atomic E-state index is 12.7. The lowest BCUT2D eigenvalue weighted by Gasteiger charge is -2.24. The summed E-state index contributed by atoms with van der Waals surface area (Å²) in [6, 6.07) is 12.6. The average molecular weight is 391 g/mol. The topological polar surface area (TPSA) is 70.1 Å². The number of amides is 2. The molecule has 3 rings (SSSR count). The molecule has 1 saturated heterocycles. The van der Waals surface area contributed by atoms with Crippen molar-refractivity contribution in [3.63, 3.8) is 0 Å². The first kappa shape index (κ1) is 16.5. The molecule has 2 aromatic carbocycles. The second-order valence-electron chi connectivity index (χ2n) is 5.28. The van der Waals surface area contributed by atoms with Gasteiger partial charge in [0, 0.05) is 4.47 Å². The third-order valence-corrected chi connectivity index (χ3v) is 4.36. The Hall–Kier alpha value is -2.38. The molecule has 124 valence electrons. The number of imide groups is 1. The summed E-state index contributed by atoms with van der Waals surface area (Å²) >= 11 is 3.32. The number of para-hydroxylation sites is 2. The number of methoxy groups -OCH3 is 1. The molecule has 1 aliphatic rings. The van der Waals surface area contributed by atoms with E-state index in [4.69, 9.17) is 4.74 Å². The number of benzene rings is 2. The summed E-state index contributed by atoms with van der Waals surface area (Å²) in [4.78, 5) is 26.1. The molecule has 1 atom stereocenters. The lowest BCUT2D eigenvalue weighted by atomic mass is 10.2. The lowest BCUT2D eigenvalue weighted by molar-refractivity contribution is -0.121. The molecule has 2 aromatic rings. The third kappa shape index (κ3) is 2.88. The van der Waals surface area contributed by atoms with E-state index >= 15 is 0 Å². The fourth-order valence-corrected chi connectivity index (χ4v) is 2.92. The van der Waals surface area contributed by atoms with Crippen LogP contribution in [0.15, 0.2) is 53.0 Å².